The number of benzene rings is 1. The molecule has 1 aliphatic heterocycles. The molecule has 4 heterocycles. The molecule has 7 nitrogen and oxygen atoms in total. The molecule has 1 aromatic carbocycles. The molecule has 7 heteroatoms. The van der Waals surface area contributed by atoms with Gasteiger partial charge >= 0.3 is 0 Å². The maximum Gasteiger partial charge on any atom is 0.293 e. The van der Waals surface area contributed by atoms with Crippen LogP contribution in [0.15, 0.2) is 48.9 Å². The van der Waals surface area contributed by atoms with Crippen molar-refractivity contribution in [2.24, 2.45) is 5.92 Å². The number of rotatable bonds is 3. The van der Waals surface area contributed by atoms with Crippen LogP contribution in [0, 0.1) is 12.8 Å². The maximum absolute atomic E-state index is 9.60. The summed E-state index contributed by atoms with van der Waals surface area (Å²) in [4.78, 5) is 19.1. The fourth-order valence-electron chi connectivity index (χ4n) is 4.35. The van der Waals surface area contributed by atoms with Crippen molar-refractivity contribution in [3.8, 4) is 5.69 Å². The number of ether oxygens (including phenoxy) is 1. The fourth-order valence-corrected chi connectivity index (χ4v) is 4.35. The van der Waals surface area contributed by atoms with Crippen molar-refractivity contribution in [2.75, 3.05) is 13.1 Å². The quantitative estimate of drug-likeness (QED) is 0.463. The molecular formula is C26H33N5O2. The molecule has 1 fully saturated rings. The molecule has 0 radical (unpaired) electrons. The molecule has 3 aromatic heterocycles. The van der Waals surface area contributed by atoms with E-state index in [2.05, 4.69) is 69.4 Å². The van der Waals surface area contributed by atoms with E-state index in [1.807, 2.05) is 33.2 Å². The van der Waals surface area contributed by atoms with Gasteiger partial charge in [-0.2, -0.15) is 0 Å². The van der Waals surface area contributed by atoms with Crippen molar-refractivity contribution in [3.05, 3.63) is 60.3 Å². The SMILES string of the molecule is CC(C)(C)OC=O.Cc1ccccc1-n1ccc2c1ncc1cnc(C3CNCCC3C)n12. The Balaban J connectivity index is 0.000000325. The molecule has 4 aromatic rings. The van der Waals surface area contributed by atoms with Crippen LogP contribution >= 0.6 is 0 Å². The smallest absolute Gasteiger partial charge is 0.293 e. The van der Waals surface area contributed by atoms with Gasteiger partial charge in [-0.05, 0) is 64.3 Å². The van der Waals surface area contributed by atoms with E-state index in [0.717, 1.165) is 35.6 Å². The van der Waals surface area contributed by atoms with Crippen molar-refractivity contribution < 1.29 is 9.53 Å². The Morgan fingerprint density at radius 1 is 1.15 bits per heavy atom. The van der Waals surface area contributed by atoms with Gasteiger partial charge in [0, 0.05) is 24.3 Å². The first kappa shape index (κ1) is 23.0. The standard InChI is InChI=1S/C21H23N5.C5H10O2/c1-14-7-9-22-13-17(14)20-23-11-16-12-24-21-19(26(16)20)8-10-25(21)18-6-4-3-5-15(18)2;1-5(2,3)7-4-6/h3-6,8,10-12,14,17,22H,7,9,13H2,1-2H3;4H,1-3H3. The number of aromatic nitrogens is 4. The van der Waals surface area contributed by atoms with E-state index in [1.54, 1.807) is 0 Å². The second-order valence-corrected chi connectivity index (χ2v) is 9.72. The van der Waals surface area contributed by atoms with Gasteiger partial charge < -0.3 is 10.1 Å². The lowest BCUT2D eigenvalue weighted by Crippen LogP contribution is -2.34. The average Bonchev–Trinajstić information content (AvgIpc) is 3.38. The summed E-state index contributed by atoms with van der Waals surface area (Å²) in [5.74, 6) is 2.21. The second-order valence-electron chi connectivity index (χ2n) is 9.72. The fraction of sp³-hybridized carbons (Fsp3) is 0.423. The van der Waals surface area contributed by atoms with Gasteiger partial charge in [0.2, 0.25) is 0 Å². The van der Waals surface area contributed by atoms with E-state index in [1.165, 1.54) is 17.7 Å². The summed E-state index contributed by atoms with van der Waals surface area (Å²) in [6.45, 7) is 12.5. The number of piperidine rings is 1. The lowest BCUT2D eigenvalue weighted by Gasteiger charge is -2.28. The van der Waals surface area contributed by atoms with Gasteiger partial charge in [-0.15, -0.1) is 0 Å². The first-order valence-corrected chi connectivity index (χ1v) is 11.5. The Kier molecular flexibility index (Phi) is 6.51. The molecule has 2 atom stereocenters. The van der Waals surface area contributed by atoms with Gasteiger partial charge in [0.25, 0.3) is 6.47 Å². The Morgan fingerprint density at radius 2 is 1.91 bits per heavy atom. The number of nitrogens with one attached hydrogen (secondary N) is 1. The molecule has 1 aliphatic rings. The number of para-hydroxylation sites is 1. The highest BCUT2D eigenvalue weighted by Crippen LogP contribution is 2.31. The monoisotopic (exact) mass is 447 g/mol. The van der Waals surface area contributed by atoms with Crippen molar-refractivity contribution in [3.63, 3.8) is 0 Å². The van der Waals surface area contributed by atoms with E-state index in [-0.39, 0.29) is 5.60 Å². The largest absolute Gasteiger partial charge is 0.462 e. The molecule has 0 saturated carbocycles. The van der Waals surface area contributed by atoms with Gasteiger partial charge in [-0.1, -0.05) is 25.1 Å². The van der Waals surface area contributed by atoms with E-state index in [9.17, 15) is 4.79 Å². The summed E-state index contributed by atoms with van der Waals surface area (Å²) in [6, 6.07) is 10.6. The zero-order valence-corrected chi connectivity index (χ0v) is 20.1. The van der Waals surface area contributed by atoms with E-state index in [0.29, 0.717) is 18.3 Å². The van der Waals surface area contributed by atoms with Crippen LogP contribution in [0.25, 0.3) is 22.4 Å². The van der Waals surface area contributed by atoms with Crippen LogP contribution in [0.4, 0.5) is 0 Å². The van der Waals surface area contributed by atoms with Crippen molar-refractivity contribution in [1.82, 2.24) is 24.3 Å². The zero-order valence-electron chi connectivity index (χ0n) is 20.1. The molecule has 0 bridgehead atoms. The normalized spacial score (nSPS) is 18.7. The number of hydrogen-bond donors (Lipinski definition) is 1. The molecular weight excluding hydrogens is 414 g/mol. The molecule has 2 unspecified atom stereocenters. The molecule has 174 valence electrons. The van der Waals surface area contributed by atoms with Crippen LogP contribution in [0.3, 0.4) is 0 Å². The summed E-state index contributed by atoms with van der Waals surface area (Å²) >= 11 is 0. The Labute approximate surface area is 194 Å². The molecule has 5 rings (SSSR count). The Hall–Kier alpha value is -3.19. The maximum atomic E-state index is 9.60. The molecule has 0 aliphatic carbocycles. The Morgan fingerprint density at radius 3 is 2.58 bits per heavy atom. The number of aryl methyl sites for hydroxylation is 1. The summed E-state index contributed by atoms with van der Waals surface area (Å²) < 4.78 is 9.02. The van der Waals surface area contributed by atoms with Crippen LogP contribution in [0.5, 0.6) is 0 Å². The third-order valence-corrected chi connectivity index (χ3v) is 6.15. The number of carbonyl (C=O) groups excluding carboxylic acids is 1. The van der Waals surface area contributed by atoms with Gasteiger partial charge in [0.05, 0.1) is 23.4 Å². The molecule has 0 amide bonds. The summed E-state index contributed by atoms with van der Waals surface area (Å²) in [5, 5.41) is 3.53. The number of imidazole rings is 1. The number of hydrogen-bond acceptors (Lipinski definition) is 5. The lowest BCUT2D eigenvalue weighted by molar-refractivity contribution is -0.138. The molecule has 1 saturated heterocycles. The van der Waals surface area contributed by atoms with Crippen molar-refractivity contribution in [1.29, 1.82) is 0 Å². The number of carbonyl (C=O) groups is 1. The summed E-state index contributed by atoms with van der Waals surface area (Å²) in [7, 11) is 0. The summed E-state index contributed by atoms with van der Waals surface area (Å²) in [6.07, 6.45) is 7.20. The Bertz CT molecular complexity index is 1250. The topological polar surface area (TPSA) is 73.5 Å². The third-order valence-electron chi connectivity index (χ3n) is 6.15. The highest BCUT2D eigenvalue weighted by Gasteiger charge is 2.27. The molecule has 33 heavy (non-hydrogen) atoms. The van der Waals surface area contributed by atoms with Gasteiger partial charge in [0.1, 0.15) is 11.4 Å². The minimum atomic E-state index is -0.318. The average molecular weight is 448 g/mol. The number of nitrogens with zero attached hydrogens (tertiary/aromatic N) is 4. The van der Waals surface area contributed by atoms with Gasteiger partial charge in [0.15, 0.2) is 5.65 Å². The zero-order chi connectivity index (χ0) is 23.6. The van der Waals surface area contributed by atoms with Crippen LogP contribution in [0.1, 0.15) is 51.4 Å². The minimum absolute atomic E-state index is 0.318. The predicted molar refractivity (Wildman–Crippen MR) is 131 cm³/mol. The first-order chi connectivity index (χ1) is 15.8. The van der Waals surface area contributed by atoms with Crippen molar-refractivity contribution in [2.45, 2.75) is 52.6 Å². The van der Waals surface area contributed by atoms with Gasteiger partial charge in [-0.3, -0.25) is 13.8 Å². The van der Waals surface area contributed by atoms with E-state index < -0.39 is 0 Å². The highest BCUT2D eigenvalue weighted by atomic mass is 16.5. The predicted octanol–water partition coefficient (Wildman–Crippen LogP) is 4.65. The van der Waals surface area contributed by atoms with Crippen LogP contribution < -0.4 is 5.32 Å². The van der Waals surface area contributed by atoms with Crippen LogP contribution in [0.2, 0.25) is 0 Å². The number of fused-ring (bicyclic) bond motifs is 3. The van der Waals surface area contributed by atoms with E-state index >= 15 is 0 Å². The molecule has 0 spiro atoms. The highest BCUT2D eigenvalue weighted by molar-refractivity contribution is 5.78. The van der Waals surface area contributed by atoms with Crippen LogP contribution in [-0.4, -0.2) is 44.1 Å². The minimum Gasteiger partial charge on any atom is -0.462 e. The van der Waals surface area contributed by atoms with Crippen molar-refractivity contribution >= 4 is 23.2 Å². The first-order valence-electron chi connectivity index (χ1n) is 11.5. The van der Waals surface area contributed by atoms with E-state index in [4.69, 9.17) is 9.97 Å². The lowest BCUT2D eigenvalue weighted by atomic mass is 9.87. The third kappa shape index (κ3) is 4.78. The molecule has 1 N–H and O–H groups in total. The van der Waals surface area contributed by atoms with Crippen LogP contribution in [-0.2, 0) is 9.53 Å². The summed E-state index contributed by atoms with van der Waals surface area (Å²) in [5.41, 5.74) is 5.25. The van der Waals surface area contributed by atoms with Gasteiger partial charge in [-0.25, -0.2) is 9.97 Å². The second kappa shape index (κ2) is 9.35.